The van der Waals surface area contributed by atoms with Crippen LogP contribution in [-0.4, -0.2) is 18.4 Å². The molecule has 27 heavy (non-hydrogen) atoms. The van der Waals surface area contributed by atoms with Gasteiger partial charge >= 0.3 is 5.97 Å². The molecule has 1 heterocycles. The molecule has 1 atom stereocenters. The summed E-state index contributed by atoms with van der Waals surface area (Å²) in [6, 6.07) is 15.3. The first kappa shape index (κ1) is 19.4. The predicted octanol–water partition coefficient (Wildman–Crippen LogP) is 4.78. The van der Waals surface area contributed by atoms with Gasteiger partial charge in [0, 0.05) is 29.2 Å². The smallest absolute Gasteiger partial charge is 0.311 e. The summed E-state index contributed by atoms with van der Waals surface area (Å²) in [5, 5.41) is 0.567. The zero-order valence-corrected chi connectivity index (χ0v) is 16.2. The van der Waals surface area contributed by atoms with Gasteiger partial charge in [0.1, 0.15) is 6.61 Å². The van der Waals surface area contributed by atoms with Gasteiger partial charge in [0.15, 0.2) is 0 Å². The van der Waals surface area contributed by atoms with Gasteiger partial charge in [0.05, 0.1) is 5.92 Å². The van der Waals surface area contributed by atoms with Crippen molar-refractivity contribution >= 4 is 29.2 Å². The lowest BCUT2D eigenvalue weighted by atomic mass is 10.1. The number of carbonyl (C=O) groups is 2. The van der Waals surface area contributed by atoms with E-state index in [0.29, 0.717) is 11.6 Å². The van der Waals surface area contributed by atoms with Crippen molar-refractivity contribution in [3.8, 4) is 0 Å². The number of carbonyl (C=O) groups excluding carboxylic acids is 2. The van der Waals surface area contributed by atoms with Crippen molar-refractivity contribution in [3.63, 3.8) is 0 Å². The monoisotopic (exact) mass is 385 g/mol. The molecule has 1 aliphatic rings. The van der Waals surface area contributed by atoms with Crippen molar-refractivity contribution in [2.75, 3.05) is 11.4 Å². The molecule has 1 saturated heterocycles. The average molecular weight is 386 g/mol. The lowest BCUT2D eigenvalue weighted by molar-refractivity contribution is -0.149. The molecule has 0 aromatic heterocycles. The molecule has 0 bridgehead atoms. The van der Waals surface area contributed by atoms with E-state index in [2.05, 4.69) is 19.1 Å². The minimum absolute atomic E-state index is 0.0454. The predicted molar refractivity (Wildman–Crippen MR) is 107 cm³/mol. The van der Waals surface area contributed by atoms with E-state index in [0.717, 1.165) is 30.5 Å². The van der Waals surface area contributed by atoms with Gasteiger partial charge < -0.3 is 9.64 Å². The van der Waals surface area contributed by atoms with Crippen LogP contribution in [0.5, 0.6) is 0 Å². The average Bonchev–Trinajstić information content (AvgIpc) is 3.07. The summed E-state index contributed by atoms with van der Waals surface area (Å²) in [7, 11) is 0. The van der Waals surface area contributed by atoms with Gasteiger partial charge in [-0.05, 0) is 36.6 Å². The second kappa shape index (κ2) is 9.05. The number of ether oxygens (including phenoxy) is 1. The molecule has 0 radical (unpaired) electrons. The Morgan fingerprint density at radius 3 is 2.63 bits per heavy atom. The fourth-order valence-corrected chi connectivity index (χ4v) is 3.41. The number of unbranched alkanes of at least 4 members (excludes halogenated alkanes) is 1. The zero-order valence-electron chi connectivity index (χ0n) is 15.5. The second-order valence-corrected chi connectivity index (χ2v) is 7.28. The molecule has 2 aromatic carbocycles. The van der Waals surface area contributed by atoms with Gasteiger partial charge in [-0.25, -0.2) is 0 Å². The van der Waals surface area contributed by atoms with Crippen LogP contribution in [0.25, 0.3) is 0 Å². The summed E-state index contributed by atoms with van der Waals surface area (Å²) in [6.07, 6.45) is 3.53. The molecule has 3 rings (SSSR count). The minimum Gasteiger partial charge on any atom is -0.460 e. The Labute approximate surface area is 165 Å². The van der Waals surface area contributed by atoms with Crippen LogP contribution < -0.4 is 4.90 Å². The molecule has 0 unspecified atom stereocenters. The highest BCUT2D eigenvalue weighted by molar-refractivity contribution is 6.31. The second-order valence-electron chi connectivity index (χ2n) is 6.87. The third-order valence-corrected chi connectivity index (χ3v) is 5.22. The third-order valence-electron chi connectivity index (χ3n) is 4.85. The first-order chi connectivity index (χ1) is 13.1. The van der Waals surface area contributed by atoms with Gasteiger partial charge in [0.2, 0.25) is 5.91 Å². The number of hydrogen-bond donors (Lipinski definition) is 0. The third kappa shape index (κ3) is 4.89. The molecule has 1 aliphatic heterocycles. The Hall–Kier alpha value is -2.33. The van der Waals surface area contributed by atoms with Crippen molar-refractivity contribution < 1.29 is 14.3 Å². The molecule has 1 fully saturated rings. The van der Waals surface area contributed by atoms with Crippen LogP contribution in [0.1, 0.15) is 37.3 Å². The number of esters is 1. The summed E-state index contributed by atoms with van der Waals surface area (Å²) in [5.41, 5.74) is 2.86. The van der Waals surface area contributed by atoms with Crippen LogP contribution in [0.2, 0.25) is 5.02 Å². The van der Waals surface area contributed by atoms with Crippen molar-refractivity contribution in [2.45, 2.75) is 39.2 Å². The van der Waals surface area contributed by atoms with Crippen LogP contribution in [0.3, 0.4) is 0 Å². The highest BCUT2D eigenvalue weighted by Crippen LogP contribution is 2.27. The first-order valence-corrected chi connectivity index (χ1v) is 9.75. The van der Waals surface area contributed by atoms with Gasteiger partial charge in [-0.1, -0.05) is 55.3 Å². The number of amides is 1. The van der Waals surface area contributed by atoms with E-state index < -0.39 is 5.92 Å². The molecular formula is C22H24ClNO3. The van der Waals surface area contributed by atoms with Gasteiger partial charge in [-0.3, -0.25) is 9.59 Å². The topological polar surface area (TPSA) is 46.6 Å². The maximum atomic E-state index is 12.4. The Morgan fingerprint density at radius 2 is 1.93 bits per heavy atom. The molecule has 4 nitrogen and oxygen atoms in total. The molecule has 2 aromatic rings. The lowest BCUT2D eigenvalue weighted by Crippen LogP contribution is -2.26. The molecule has 0 spiro atoms. The van der Waals surface area contributed by atoms with Crippen LogP contribution in [-0.2, 0) is 27.4 Å². The summed E-state index contributed by atoms with van der Waals surface area (Å²) in [4.78, 5) is 26.4. The van der Waals surface area contributed by atoms with E-state index >= 15 is 0 Å². The maximum Gasteiger partial charge on any atom is 0.311 e. The number of hydrogen-bond acceptors (Lipinski definition) is 3. The van der Waals surface area contributed by atoms with Crippen molar-refractivity contribution in [2.24, 2.45) is 5.92 Å². The van der Waals surface area contributed by atoms with Gasteiger partial charge in [0.25, 0.3) is 0 Å². The van der Waals surface area contributed by atoms with E-state index in [1.54, 1.807) is 11.0 Å². The number of benzene rings is 2. The highest BCUT2D eigenvalue weighted by atomic mass is 35.5. The van der Waals surface area contributed by atoms with Crippen LogP contribution in [0.4, 0.5) is 5.69 Å². The summed E-state index contributed by atoms with van der Waals surface area (Å²) >= 11 is 6.08. The minimum atomic E-state index is -0.445. The fraction of sp³-hybridized carbons (Fsp3) is 0.364. The molecule has 5 heteroatoms. The van der Waals surface area contributed by atoms with E-state index in [1.165, 1.54) is 5.56 Å². The Kier molecular flexibility index (Phi) is 6.51. The molecular weight excluding hydrogens is 362 g/mol. The quantitative estimate of drug-likeness (QED) is 0.644. The Bertz CT molecular complexity index is 803. The van der Waals surface area contributed by atoms with E-state index in [4.69, 9.17) is 16.3 Å². The SMILES string of the molecule is CCCCc1ccc(N2C[C@H](C(=O)OCc3ccccc3Cl)CC2=O)cc1. The van der Waals surface area contributed by atoms with Gasteiger partial charge in [-0.15, -0.1) is 0 Å². The largest absolute Gasteiger partial charge is 0.460 e. The molecule has 1 amide bonds. The van der Waals surface area contributed by atoms with E-state index in [9.17, 15) is 9.59 Å². The number of nitrogens with zero attached hydrogens (tertiary/aromatic N) is 1. The van der Waals surface area contributed by atoms with E-state index in [-0.39, 0.29) is 24.9 Å². The molecule has 0 aliphatic carbocycles. The lowest BCUT2D eigenvalue weighted by Gasteiger charge is -2.17. The summed E-state index contributed by atoms with van der Waals surface area (Å²) in [5.74, 6) is -0.846. The summed E-state index contributed by atoms with van der Waals surface area (Å²) < 4.78 is 5.39. The Balaban J connectivity index is 1.58. The molecule has 0 N–H and O–H groups in total. The van der Waals surface area contributed by atoms with Crippen LogP contribution >= 0.6 is 11.6 Å². The highest BCUT2D eigenvalue weighted by Gasteiger charge is 2.36. The number of halogens is 1. The number of aryl methyl sites for hydroxylation is 1. The summed E-state index contributed by atoms with van der Waals surface area (Å²) in [6.45, 7) is 2.64. The Morgan fingerprint density at radius 1 is 1.19 bits per heavy atom. The van der Waals surface area contributed by atoms with Crippen molar-refractivity contribution in [1.29, 1.82) is 0 Å². The molecule has 0 saturated carbocycles. The number of rotatable bonds is 7. The van der Waals surface area contributed by atoms with Crippen LogP contribution in [0, 0.1) is 5.92 Å². The van der Waals surface area contributed by atoms with Crippen LogP contribution in [0.15, 0.2) is 48.5 Å². The first-order valence-electron chi connectivity index (χ1n) is 9.38. The van der Waals surface area contributed by atoms with Gasteiger partial charge in [-0.2, -0.15) is 0 Å². The normalized spacial score (nSPS) is 16.6. The van der Waals surface area contributed by atoms with Crippen molar-refractivity contribution in [3.05, 3.63) is 64.7 Å². The maximum absolute atomic E-state index is 12.4. The number of anilines is 1. The van der Waals surface area contributed by atoms with E-state index in [1.807, 2.05) is 30.3 Å². The zero-order chi connectivity index (χ0) is 19.2. The van der Waals surface area contributed by atoms with Crippen molar-refractivity contribution in [1.82, 2.24) is 0 Å². The fourth-order valence-electron chi connectivity index (χ4n) is 3.22. The molecule has 142 valence electrons. The standard InChI is InChI=1S/C22H24ClNO3/c1-2-3-6-16-9-11-19(12-10-16)24-14-18(13-21(24)25)22(26)27-15-17-7-4-5-8-20(17)23/h4-5,7-12,18H,2-3,6,13-15H2,1H3/t18-/m1/s1.